The maximum Gasteiger partial charge on any atom is 0.254 e. The van der Waals surface area contributed by atoms with E-state index >= 15 is 0 Å². The predicted octanol–water partition coefficient (Wildman–Crippen LogP) is 5.15. The molecule has 0 saturated carbocycles. The number of rotatable bonds is 7. The van der Waals surface area contributed by atoms with Crippen LogP contribution in [0.2, 0.25) is 5.02 Å². The van der Waals surface area contributed by atoms with Crippen molar-refractivity contribution in [1.82, 2.24) is 19.8 Å². The number of aryl methyl sites for hydroxylation is 1. The van der Waals surface area contributed by atoms with Crippen LogP contribution in [-0.4, -0.2) is 74.5 Å². The quantitative estimate of drug-likeness (QED) is 0.394. The highest BCUT2D eigenvalue weighted by Gasteiger charge is 2.32. The number of piperazine rings is 1. The second-order valence-corrected chi connectivity index (χ2v) is 13.0. The first-order chi connectivity index (χ1) is 19.1. The number of nitrogens with zero attached hydrogens (tertiary/aromatic N) is 4. The topological polar surface area (TPSA) is 99.7 Å². The van der Waals surface area contributed by atoms with Gasteiger partial charge in [0.2, 0.25) is 5.95 Å². The Morgan fingerprint density at radius 1 is 1.15 bits per heavy atom. The van der Waals surface area contributed by atoms with E-state index in [-0.39, 0.29) is 17.3 Å². The maximum absolute atomic E-state index is 13.6. The number of anilines is 4. The van der Waals surface area contributed by atoms with Crippen LogP contribution >= 0.6 is 11.6 Å². The molecule has 1 fully saturated rings. The van der Waals surface area contributed by atoms with Crippen molar-refractivity contribution in [1.29, 1.82) is 0 Å². The van der Waals surface area contributed by atoms with E-state index in [9.17, 15) is 9.00 Å². The van der Waals surface area contributed by atoms with Gasteiger partial charge >= 0.3 is 0 Å². The summed E-state index contributed by atoms with van der Waals surface area (Å²) in [6.45, 7) is 10.9. The van der Waals surface area contributed by atoms with Gasteiger partial charge in [-0.3, -0.25) is 9.00 Å². The molecule has 0 spiro atoms. The number of halogens is 1. The number of carbonyl (C=O) groups excluding carboxylic acids is 1. The SMILES string of the molecule is Cc1cc(Nc2ncc(Cl)c(Nc3ccccc3S(=O)C(C)C)n2)c2c(c1C(=O)N1CCN(C)CC1)C[C@H](C)O2. The molecule has 40 heavy (non-hydrogen) atoms. The number of para-hydroxylation sites is 1. The largest absolute Gasteiger partial charge is 0.488 e. The van der Waals surface area contributed by atoms with Crippen molar-refractivity contribution in [2.45, 2.75) is 50.4 Å². The third kappa shape index (κ3) is 5.80. The number of nitrogens with one attached hydrogen (secondary N) is 2. The number of carbonyl (C=O) groups is 1. The molecule has 212 valence electrons. The van der Waals surface area contributed by atoms with E-state index in [1.165, 1.54) is 6.20 Å². The van der Waals surface area contributed by atoms with Crippen LogP contribution in [-0.2, 0) is 17.2 Å². The van der Waals surface area contributed by atoms with Crippen LogP contribution in [0.1, 0.15) is 42.3 Å². The Hall–Kier alpha value is -3.21. The van der Waals surface area contributed by atoms with Crippen molar-refractivity contribution in [3.8, 4) is 5.75 Å². The Morgan fingerprint density at radius 2 is 1.88 bits per heavy atom. The number of fused-ring (bicyclic) bond motifs is 1. The summed E-state index contributed by atoms with van der Waals surface area (Å²) >= 11 is 6.46. The lowest BCUT2D eigenvalue weighted by molar-refractivity contribution is 0.0662. The van der Waals surface area contributed by atoms with E-state index in [0.717, 1.165) is 29.8 Å². The van der Waals surface area contributed by atoms with Crippen molar-refractivity contribution >= 4 is 51.4 Å². The highest BCUT2D eigenvalue weighted by Crippen LogP contribution is 2.42. The van der Waals surface area contributed by atoms with Crippen LogP contribution in [0.15, 0.2) is 41.4 Å². The minimum absolute atomic E-state index is 0.0418. The zero-order valence-electron chi connectivity index (χ0n) is 23.5. The fraction of sp³-hybridized carbons (Fsp3) is 0.414. The molecule has 3 aromatic rings. The van der Waals surface area contributed by atoms with Gasteiger partial charge in [-0.25, -0.2) is 4.98 Å². The highest BCUT2D eigenvalue weighted by molar-refractivity contribution is 7.85. The molecule has 0 bridgehead atoms. The Bertz CT molecular complexity index is 1460. The Morgan fingerprint density at radius 3 is 2.60 bits per heavy atom. The first kappa shape index (κ1) is 28.3. The van der Waals surface area contributed by atoms with Gasteiger partial charge in [0.15, 0.2) is 5.82 Å². The van der Waals surface area contributed by atoms with Crippen molar-refractivity contribution in [3.05, 3.63) is 58.2 Å². The zero-order chi connectivity index (χ0) is 28.6. The predicted molar refractivity (Wildman–Crippen MR) is 160 cm³/mol. The minimum Gasteiger partial charge on any atom is -0.488 e. The average molecular weight is 583 g/mol. The molecule has 0 aliphatic carbocycles. The third-order valence-corrected chi connectivity index (χ3v) is 9.09. The lowest BCUT2D eigenvalue weighted by Gasteiger charge is -2.33. The van der Waals surface area contributed by atoms with Crippen LogP contribution in [0.4, 0.5) is 23.1 Å². The van der Waals surface area contributed by atoms with E-state index in [2.05, 4.69) is 32.5 Å². The van der Waals surface area contributed by atoms with Gasteiger partial charge in [0.1, 0.15) is 16.9 Å². The lowest BCUT2D eigenvalue weighted by Crippen LogP contribution is -2.47. The van der Waals surface area contributed by atoms with Crippen LogP contribution in [0.3, 0.4) is 0 Å². The first-order valence-corrected chi connectivity index (χ1v) is 15.1. The molecule has 9 nitrogen and oxygen atoms in total. The average Bonchev–Trinajstić information content (AvgIpc) is 3.32. The molecule has 1 aromatic heterocycles. The third-order valence-electron chi connectivity index (χ3n) is 7.17. The smallest absolute Gasteiger partial charge is 0.254 e. The summed E-state index contributed by atoms with van der Waals surface area (Å²) in [4.78, 5) is 27.4. The summed E-state index contributed by atoms with van der Waals surface area (Å²) in [6.07, 6.45) is 2.11. The Kier molecular flexibility index (Phi) is 8.30. The van der Waals surface area contributed by atoms with Gasteiger partial charge in [0.05, 0.1) is 33.3 Å². The number of benzene rings is 2. The maximum atomic E-state index is 13.6. The van der Waals surface area contributed by atoms with Gasteiger partial charge < -0.3 is 25.2 Å². The number of hydrogen-bond donors (Lipinski definition) is 2. The molecular weight excluding hydrogens is 548 g/mol. The molecule has 2 aliphatic heterocycles. The van der Waals surface area contributed by atoms with Crippen LogP contribution in [0, 0.1) is 6.92 Å². The minimum atomic E-state index is -1.19. The molecular formula is C29H35ClN6O3S. The second kappa shape index (κ2) is 11.7. The van der Waals surface area contributed by atoms with E-state index in [1.807, 2.05) is 62.9 Å². The van der Waals surface area contributed by atoms with Gasteiger partial charge in [-0.05, 0) is 44.7 Å². The standard InChI is InChI=1S/C29H35ClN6O3S/c1-17(2)40(38)24-9-7-6-8-22(24)32-27-21(30)16-31-29(34-27)33-23-14-18(3)25(20-15-19(4)39-26(20)23)28(37)36-12-10-35(5)11-13-36/h6-9,14,16-17,19H,10-13,15H2,1-5H3,(H2,31,32,33,34)/t19-,40?/m0/s1. The molecule has 1 saturated heterocycles. The van der Waals surface area contributed by atoms with E-state index < -0.39 is 10.8 Å². The summed E-state index contributed by atoms with van der Waals surface area (Å²) in [5.41, 5.74) is 3.88. The van der Waals surface area contributed by atoms with Crippen molar-refractivity contribution in [2.75, 3.05) is 43.9 Å². The van der Waals surface area contributed by atoms with Crippen molar-refractivity contribution < 1.29 is 13.7 Å². The molecule has 1 unspecified atom stereocenters. The van der Waals surface area contributed by atoms with E-state index in [1.54, 1.807) is 0 Å². The van der Waals surface area contributed by atoms with Gasteiger partial charge in [-0.2, -0.15) is 4.98 Å². The number of likely N-dealkylation sites (N-methyl/N-ethyl adjacent to an activating group) is 1. The Labute approximate surface area is 242 Å². The molecule has 2 N–H and O–H groups in total. The lowest BCUT2D eigenvalue weighted by atomic mass is 9.96. The molecule has 2 aliphatic rings. The summed E-state index contributed by atoms with van der Waals surface area (Å²) in [6, 6.07) is 9.34. The molecule has 0 radical (unpaired) electrons. The fourth-order valence-electron chi connectivity index (χ4n) is 5.05. The molecule has 2 aromatic carbocycles. The van der Waals surface area contributed by atoms with Gasteiger partial charge in [-0.1, -0.05) is 37.6 Å². The van der Waals surface area contributed by atoms with Crippen LogP contribution in [0.5, 0.6) is 5.75 Å². The molecule has 3 heterocycles. The fourth-order valence-corrected chi connectivity index (χ4v) is 6.24. The normalized spacial score (nSPS) is 17.9. The molecule has 1 amide bonds. The second-order valence-electron chi connectivity index (χ2n) is 10.6. The molecule has 11 heteroatoms. The van der Waals surface area contributed by atoms with E-state index in [0.29, 0.717) is 58.3 Å². The first-order valence-electron chi connectivity index (χ1n) is 13.5. The van der Waals surface area contributed by atoms with Gasteiger partial charge in [-0.15, -0.1) is 0 Å². The molecule has 5 rings (SSSR count). The summed E-state index contributed by atoms with van der Waals surface area (Å²) in [7, 11) is 0.881. The number of aromatic nitrogens is 2. The monoisotopic (exact) mass is 582 g/mol. The van der Waals surface area contributed by atoms with Crippen molar-refractivity contribution in [3.63, 3.8) is 0 Å². The van der Waals surface area contributed by atoms with Crippen molar-refractivity contribution in [2.24, 2.45) is 0 Å². The van der Waals surface area contributed by atoms with Crippen LogP contribution < -0.4 is 15.4 Å². The summed E-state index contributed by atoms with van der Waals surface area (Å²) < 4.78 is 19.1. The number of amides is 1. The zero-order valence-corrected chi connectivity index (χ0v) is 25.0. The van der Waals surface area contributed by atoms with Gasteiger partial charge in [0.25, 0.3) is 5.91 Å². The highest BCUT2D eigenvalue weighted by atomic mass is 35.5. The number of hydrogen-bond acceptors (Lipinski definition) is 8. The summed E-state index contributed by atoms with van der Waals surface area (Å²) in [5.74, 6) is 1.41. The van der Waals surface area contributed by atoms with E-state index in [4.69, 9.17) is 16.3 Å². The Balaban J connectivity index is 1.44. The van der Waals surface area contributed by atoms with Gasteiger partial charge in [0, 0.05) is 49.0 Å². The summed E-state index contributed by atoms with van der Waals surface area (Å²) in [5, 5.41) is 6.81. The number of ether oxygens (including phenoxy) is 1. The molecule has 2 atom stereocenters. The van der Waals surface area contributed by atoms with Crippen LogP contribution in [0.25, 0.3) is 0 Å².